The summed E-state index contributed by atoms with van der Waals surface area (Å²) in [6, 6.07) is 0. The van der Waals surface area contributed by atoms with E-state index >= 15 is 0 Å². The number of fused-ring (bicyclic) bond motifs is 1. The molecule has 1 aliphatic rings. The Morgan fingerprint density at radius 3 is 2.58 bits per heavy atom. The molecule has 0 radical (unpaired) electrons. The fourth-order valence-electron chi connectivity index (χ4n) is 1.72. The van der Waals surface area contributed by atoms with E-state index < -0.39 is 24.2 Å². The second kappa shape index (κ2) is 4.68. The van der Waals surface area contributed by atoms with Crippen molar-refractivity contribution in [2.24, 2.45) is 0 Å². The molecule has 0 aromatic carbocycles. The predicted octanol–water partition coefficient (Wildman–Crippen LogP) is 1.05. The molecule has 0 fully saturated rings. The minimum absolute atomic E-state index is 0.0321. The molecule has 19 heavy (non-hydrogen) atoms. The highest BCUT2D eigenvalue weighted by Crippen LogP contribution is 2.38. The number of aromatic nitrogens is 1. The summed E-state index contributed by atoms with van der Waals surface area (Å²) in [6.45, 7) is 3.99. The lowest BCUT2D eigenvalue weighted by Gasteiger charge is -2.10. The van der Waals surface area contributed by atoms with Gasteiger partial charge in [-0.1, -0.05) is 0 Å². The molecule has 1 aliphatic heterocycles. The van der Waals surface area contributed by atoms with E-state index in [1.807, 2.05) is 0 Å². The minimum Gasteiger partial charge on any atom is -0.424 e. The summed E-state index contributed by atoms with van der Waals surface area (Å²) < 4.78 is 14.7. The first-order chi connectivity index (χ1) is 8.90. The number of nitrogens with zero attached hydrogens (tertiary/aromatic N) is 1. The molecule has 0 aliphatic carbocycles. The van der Waals surface area contributed by atoms with Gasteiger partial charge in [0.15, 0.2) is 5.75 Å². The molecule has 2 heterocycles. The molecule has 2 rings (SSSR count). The summed E-state index contributed by atoms with van der Waals surface area (Å²) in [4.78, 5) is 37.7. The standard InChI is InChI=1S/C12H11NO6/c1-5-10(17-6(2)14)9-8(4-13-5)12(18-7(3)15)19-11(9)16/h4,12H,1-3H3. The van der Waals surface area contributed by atoms with E-state index in [-0.39, 0.29) is 16.9 Å². The van der Waals surface area contributed by atoms with Gasteiger partial charge in [0, 0.05) is 20.0 Å². The Kier molecular flexibility index (Phi) is 3.20. The first kappa shape index (κ1) is 13.0. The van der Waals surface area contributed by atoms with Crippen LogP contribution < -0.4 is 4.74 Å². The van der Waals surface area contributed by atoms with Gasteiger partial charge in [0.1, 0.15) is 5.56 Å². The molecule has 0 saturated heterocycles. The van der Waals surface area contributed by atoms with Crippen molar-refractivity contribution in [3.63, 3.8) is 0 Å². The molecule has 0 saturated carbocycles. The van der Waals surface area contributed by atoms with E-state index in [2.05, 4.69) is 4.98 Å². The van der Waals surface area contributed by atoms with Crippen LogP contribution in [0.5, 0.6) is 5.75 Å². The van der Waals surface area contributed by atoms with Gasteiger partial charge in [0.05, 0.1) is 11.3 Å². The second-order valence-electron chi connectivity index (χ2n) is 3.94. The number of carbonyl (C=O) groups excluding carboxylic acids is 3. The highest BCUT2D eigenvalue weighted by atomic mass is 16.7. The number of rotatable bonds is 2. The highest BCUT2D eigenvalue weighted by Gasteiger charge is 2.38. The number of aryl methyl sites for hydroxylation is 1. The van der Waals surface area contributed by atoms with Gasteiger partial charge in [-0.15, -0.1) is 0 Å². The van der Waals surface area contributed by atoms with Gasteiger partial charge in [-0.25, -0.2) is 4.79 Å². The van der Waals surface area contributed by atoms with Gasteiger partial charge in [0.2, 0.25) is 0 Å². The zero-order valence-electron chi connectivity index (χ0n) is 10.6. The van der Waals surface area contributed by atoms with E-state index in [1.165, 1.54) is 20.0 Å². The molecule has 0 N–H and O–H groups in total. The molecule has 0 bridgehead atoms. The normalized spacial score (nSPS) is 16.6. The van der Waals surface area contributed by atoms with Gasteiger partial charge in [-0.2, -0.15) is 0 Å². The van der Waals surface area contributed by atoms with Crippen LogP contribution in [0.4, 0.5) is 0 Å². The fourth-order valence-corrected chi connectivity index (χ4v) is 1.72. The molecule has 1 atom stereocenters. The summed E-state index contributed by atoms with van der Waals surface area (Å²) in [6.07, 6.45) is 0.207. The molecular weight excluding hydrogens is 254 g/mol. The molecule has 0 spiro atoms. The van der Waals surface area contributed by atoms with Crippen molar-refractivity contribution in [3.8, 4) is 5.75 Å². The fraction of sp³-hybridized carbons (Fsp3) is 0.333. The van der Waals surface area contributed by atoms with Gasteiger partial charge in [-0.05, 0) is 6.92 Å². The smallest absolute Gasteiger partial charge is 0.346 e. The van der Waals surface area contributed by atoms with Crippen molar-refractivity contribution < 1.29 is 28.6 Å². The zero-order valence-corrected chi connectivity index (χ0v) is 10.6. The molecule has 1 unspecified atom stereocenters. The number of esters is 3. The second-order valence-corrected chi connectivity index (χ2v) is 3.94. The first-order valence-corrected chi connectivity index (χ1v) is 5.46. The molecule has 7 nitrogen and oxygen atoms in total. The van der Waals surface area contributed by atoms with Crippen LogP contribution in [0.3, 0.4) is 0 Å². The van der Waals surface area contributed by atoms with Gasteiger partial charge >= 0.3 is 17.9 Å². The number of cyclic esters (lactones) is 1. The van der Waals surface area contributed by atoms with Crippen LogP contribution in [0.1, 0.15) is 41.8 Å². The van der Waals surface area contributed by atoms with Crippen LogP contribution in [0, 0.1) is 6.92 Å². The Morgan fingerprint density at radius 1 is 1.32 bits per heavy atom. The highest BCUT2D eigenvalue weighted by molar-refractivity contribution is 5.98. The summed E-state index contributed by atoms with van der Waals surface area (Å²) in [5, 5.41) is 0. The van der Waals surface area contributed by atoms with Crippen molar-refractivity contribution >= 4 is 17.9 Å². The third-order valence-electron chi connectivity index (χ3n) is 2.43. The van der Waals surface area contributed by atoms with Crippen molar-refractivity contribution in [1.29, 1.82) is 0 Å². The summed E-state index contributed by atoms with van der Waals surface area (Å²) in [5.74, 6) is -1.87. The van der Waals surface area contributed by atoms with E-state index in [4.69, 9.17) is 14.2 Å². The average Bonchev–Trinajstić information content (AvgIpc) is 2.58. The third-order valence-corrected chi connectivity index (χ3v) is 2.43. The van der Waals surface area contributed by atoms with Crippen LogP contribution in [0.25, 0.3) is 0 Å². The van der Waals surface area contributed by atoms with Crippen LogP contribution in [-0.2, 0) is 19.1 Å². The first-order valence-electron chi connectivity index (χ1n) is 5.46. The topological polar surface area (TPSA) is 91.8 Å². The molecule has 1 aromatic heterocycles. The summed E-state index contributed by atoms with van der Waals surface area (Å²) in [7, 11) is 0. The average molecular weight is 265 g/mol. The van der Waals surface area contributed by atoms with Crippen LogP contribution in [0.15, 0.2) is 6.20 Å². The SMILES string of the molecule is CC(=O)Oc1c(C)ncc2c1C(=O)OC2OC(C)=O. The predicted molar refractivity (Wildman–Crippen MR) is 60.2 cm³/mol. The van der Waals surface area contributed by atoms with E-state index in [0.29, 0.717) is 5.69 Å². The quantitative estimate of drug-likeness (QED) is 0.738. The van der Waals surface area contributed by atoms with Gasteiger partial charge < -0.3 is 14.2 Å². The van der Waals surface area contributed by atoms with Crippen LogP contribution in [0.2, 0.25) is 0 Å². The van der Waals surface area contributed by atoms with Gasteiger partial charge in [-0.3, -0.25) is 14.6 Å². The number of hydrogen-bond donors (Lipinski definition) is 0. The number of ether oxygens (including phenoxy) is 3. The third kappa shape index (κ3) is 2.40. The maximum atomic E-state index is 11.8. The Morgan fingerprint density at radius 2 is 2.00 bits per heavy atom. The molecule has 100 valence electrons. The summed E-state index contributed by atoms with van der Waals surface area (Å²) in [5.41, 5.74) is 0.699. The van der Waals surface area contributed by atoms with Crippen molar-refractivity contribution in [2.45, 2.75) is 27.1 Å². The minimum atomic E-state index is -1.15. The number of pyridine rings is 1. The number of hydrogen-bond acceptors (Lipinski definition) is 7. The summed E-state index contributed by atoms with van der Waals surface area (Å²) >= 11 is 0. The molecule has 1 aromatic rings. The monoisotopic (exact) mass is 265 g/mol. The van der Waals surface area contributed by atoms with Crippen molar-refractivity contribution in [2.75, 3.05) is 0 Å². The Balaban J connectivity index is 2.49. The Labute approximate surface area is 108 Å². The lowest BCUT2D eigenvalue weighted by molar-refractivity contribution is -0.164. The van der Waals surface area contributed by atoms with E-state index in [9.17, 15) is 14.4 Å². The maximum absolute atomic E-state index is 11.8. The Bertz CT molecular complexity index is 580. The van der Waals surface area contributed by atoms with Crippen LogP contribution >= 0.6 is 0 Å². The molecule has 0 amide bonds. The molecular formula is C12H11NO6. The lowest BCUT2D eigenvalue weighted by Crippen LogP contribution is -2.09. The molecule has 7 heteroatoms. The van der Waals surface area contributed by atoms with Crippen molar-refractivity contribution in [3.05, 3.63) is 23.0 Å². The lowest BCUT2D eigenvalue weighted by atomic mass is 10.1. The van der Waals surface area contributed by atoms with E-state index in [0.717, 1.165) is 0 Å². The van der Waals surface area contributed by atoms with Gasteiger partial charge in [0.25, 0.3) is 6.29 Å². The largest absolute Gasteiger partial charge is 0.424 e. The Hall–Kier alpha value is -2.44. The van der Waals surface area contributed by atoms with Crippen molar-refractivity contribution in [1.82, 2.24) is 4.98 Å². The van der Waals surface area contributed by atoms with E-state index in [1.54, 1.807) is 6.92 Å². The zero-order chi connectivity index (χ0) is 14.2. The van der Waals surface area contributed by atoms with Crippen LogP contribution in [-0.4, -0.2) is 22.9 Å². The number of carbonyl (C=O) groups is 3. The maximum Gasteiger partial charge on any atom is 0.346 e.